The average Bonchev–Trinajstić information content (AvgIpc) is 2.44. The molecule has 1 aromatic heterocycles. The lowest BCUT2D eigenvalue weighted by atomic mass is 9.92. The first kappa shape index (κ1) is 13.0. The summed E-state index contributed by atoms with van der Waals surface area (Å²) in [7, 11) is 3.73. The number of hydrogen-bond acceptors (Lipinski definition) is 2. The predicted molar refractivity (Wildman–Crippen MR) is 64.5 cm³/mol. The molecule has 4 heteroatoms. The molecule has 0 aliphatic heterocycles. The van der Waals surface area contributed by atoms with E-state index in [0.29, 0.717) is 5.49 Å². The van der Waals surface area contributed by atoms with Gasteiger partial charge in [-0.1, -0.05) is 20.8 Å². The van der Waals surface area contributed by atoms with Gasteiger partial charge in [0, 0.05) is 44.5 Å². The quantitative estimate of drug-likeness (QED) is 0.778. The molecule has 4 nitrogen and oxygen atoms in total. The summed E-state index contributed by atoms with van der Waals surface area (Å²) in [6.07, 6.45) is 0.939. The van der Waals surface area contributed by atoms with Crippen LogP contribution in [0.15, 0.2) is 6.07 Å². The lowest BCUT2D eigenvalue weighted by molar-refractivity contribution is 0.186. The highest BCUT2D eigenvalue weighted by molar-refractivity contribution is 5.11. The zero-order valence-electron chi connectivity index (χ0n) is 11.0. The minimum atomic E-state index is 0.0804. The SMILES string of the molecule is COCCCn1c(=N)cc(C(C)(C)C)n1C. The van der Waals surface area contributed by atoms with Crippen molar-refractivity contribution < 1.29 is 4.74 Å². The van der Waals surface area contributed by atoms with Crippen molar-refractivity contribution >= 4 is 0 Å². The van der Waals surface area contributed by atoms with E-state index in [-0.39, 0.29) is 5.41 Å². The average molecular weight is 225 g/mol. The highest BCUT2D eigenvalue weighted by Gasteiger charge is 2.19. The molecule has 0 unspecified atom stereocenters. The summed E-state index contributed by atoms with van der Waals surface area (Å²) >= 11 is 0. The molecule has 0 fully saturated rings. The Hall–Kier alpha value is -1.03. The third kappa shape index (κ3) is 2.76. The highest BCUT2D eigenvalue weighted by Crippen LogP contribution is 2.20. The fourth-order valence-electron chi connectivity index (χ4n) is 1.92. The maximum atomic E-state index is 7.95. The zero-order valence-corrected chi connectivity index (χ0v) is 11.0. The van der Waals surface area contributed by atoms with Crippen molar-refractivity contribution in [3.8, 4) is 0 Å². The van der Waals surface area contributed by atoms with Gasteiger partial charge in [0.25, 0.3) is 0 Å². The summed E-state index contributed by atoms with van der Waals surface area (Å²) in [5.74, 6) is 0. The summed E-state index contributed by atoms with van der Waals surface area (Å²) in [5, 5.41) is 7.95. The van der Waals surface area contributed by atoms with Crippen LogP contribution < -0.4 is 5.49 Å². The number of hydrogen-bond donors (Lipinski definition) is 1. The van der Waals surface area contributed by atoms with Crippen LogP contribution in [0.2, 0.25) is 0 Å². The third-order valence-corrected chi connectivity index (χ3v) is 2.75. The van der Waals surface area contributed by atoms with Crippen LogP contribution in [0.4, 0.5) is 0 Å². The molecule has 1 heterocycles. The van der Waals surface area contributed by atoms with Gasteiger partial charge < -0.3 is 4.74 Å². The van der Waals surface area contributed by atoms with Crippen LogP contribution in [-0.2, 0) is 23.7 Å². The van der Waals surface area contributed by atoms with E-state index in [4.69, 9.17) is 10.1 Å². The van der Waals surface area contributed by atoms with Gasteiger partial charge in [-0.05, 0) is 6.42 Å². The molecular weight excluding hydrogens is 202 g/mol. The van der Waals surface area contributed by atoms with Crippen molar-refractivity contribution in [3.05, 3.63) is 17.2 Å². The van der Waals surface area contributed by atoms with Crippen LogP contribution in [0, 0.1) is 5.41 Å². The van der Waals surface area contributed by atoms with Crippen LogP contribution in [0.25, 0.3) is 0 Å². The minimum Gasteiger partial charge on any atom is -0.385 e. The van der Waals surface area contributed by atoms with Gasteiger partial charge in [-0.3, -0.25) is 14.8 Å². The van der Waals surface area contributed by atoms with Crippen LogP contribution in [-0.4, -0.2) is 23.1 Å². The maximum absolute atomic E-state index is 7.95. The molecule has 0 aromatic carbocycles. The Morgan fingerprint density at radius 3 is 2.44 bits per heavy atom. The fourth-order valence-corrected chi connectivity index (χ4v) is 1.92. The molecule has 0 saturated heterocycles. The molecule has 1 N–H and O–H groups in total. The molecular formula is C12H23N3O. The monoisotopic (exact) mass is 225 g/mol. The Balaban J connectivity index is 2.95. The molecule has 1 aromatic rings. The van der Waals surface area contributed by atoms with Gasteiger partial charge in [0.2, 0.25) is 0 Å². The zero-order chi connectivity index (χ0) is 12.3. The van der Waals surface area contributed by atoms with E-state index in [1.807, 2.05) is 17.8 Å². The largest absolute Gasteiger partial charge is 0.385 e. The van der Waals surface area contributed by atoms with E-state index >= 15 is 0 Å². The molecule has 0 saturated carbocycles. The lowest BCUT2D eigenvalue weighted by Crippen LogP contribution is -2.24. The van der Waals surface area contributed by atoms with E-state index in [2.05, 4.69) is 25.5 Å². The molecule has 0 aliphatic rings. The Bertz CT molecular complexity index is 395. The normalized spacial score (nSPS) is 12.1. The standard InChI is InChI=1S/C12H23N3O/c1-12(2,3)10-9-11(13)15(14(10)4)7-6-8-16-5/h9,13H,6-8H2,1-5H3. The molecule has 0 spiro atoms. The van der Waals surface area contributed by atoms with E-state index in [9.17, 15) is 0 Å². The van der Waals surface area contributed by atoms with E-state index in [1.54, 1.807) is 7.11 Å². The second kappa shape index (κ2) is 4.87. The Morgan fingerprint density at radius 1 is 1.38 bits per heavy atom. The first-order valence-electron chi connectivity index (χ1n) is 5.68. The van der Waals surface area contributed by atoms with Crippen LogP contribution >= 0.6 is 0 Å². The van der Waals surface area contributed by atoms with Crippen LogP contribution in [0.1, 0.15) is 32.9 Å². The van der Waals surface area contributed by atoms with Crippen molar-refractivity contribution in [1.82, 2.24) is 9.36 Å². The minimum absolute atomic E-state index is 0.0804. The molecule has 0 aliphatic carbocycles. The number of methoxy groups -OCH3 is 1. The Morgan fingerprint density at radius 2 is 2.00 bits per heavy atom. The van der Waals surface area contributed by atoms with Gasteiger partial charge in [0.1, 0.15) is 5.49 Å². The van der Waals surface area contributed by atoms with Gasteiger partial charge in [0.15, 0.2) is 0 Å². The molecule has 0 atom stereocenters. The summed E-state index contributed by atoms with van der Waals surface area (Å²) in [6, 6.07) is 1.95. The van der Waals surface area contributed by atoms with Crippen LogP contribution in [0.3, 0.4) is 0 Å². The topological polar surface area (TPSA) is 42.9 Å². The van der Waals surface area contributed by atoms with Gasteiger partial charge in [-0.25, -0.2) is 0 Å². The van der Waals surface area contributed by atoms with Gasteiger partial charge >= 0.3 is 0 Å². The highest BCUT2D eigenvalue weighted by atomic mass is 16.5. The van der Waals surface area contributed by atoms with Crippen LogP contribution in [0.5, 0.6) is 0 Å². The number of nitrogens with zero attached hydrogens (tertiary/aromatic N) is 2. The number of aromatic nitrogens is 2. The van der Waals surface area contributed by atoms with Gasteiger partial charge in [0.05, 0.1) is 0 Å². The first-order valence-corrected chi connectivity index (χ1v) is 5.68. The second-order valence-corrected chi connectivity index (χ2v) is 5.16. The Kier molecular flexibility index (Phi) is 3.97. The van der Waals surface area contributed by atoms with Crippen molar-refractivity contribution in [3.63, 3.8) is 0 Å². The van der Waals surface area contributed by atoms with Crippen molar-refractivity contribution in [1.29, 1.82) is 5.41 Å². The summed E-state index contributed by atoms with van der Waals surface area (Å²) in [6.45, 7) is 8.07. The van der Waals surface area contributed by atoms with Gasteiger partial charge in [-0.15, -0.1) is 0 Å². The third-order valence-electron chi connectivity index (χ3n) is 2.75. The first-order chi connectivity index (χ1) is 7.38. The predicted octanol–water partition coefficient (Wildman–Crippen LogP) is 1.64. The number of rotatable bonds is 4. The summed E-state index contributed by atoms with van der Waals surface area (Å²) in [4.78, 5) is 0. The summed E-state index contributed by atoms with van der Waals surface area (Å²) < 4.78 is 9.10. The summed E-state index contributed by atoms with van der Waals surface area (Å²) in [5.41, 5.74) is 1.84. The molecule has 92 valence electrons. The number of ether oxygens (including phenoxy) is 1. The van der Waals surface area contributed by atoms with Crippen molar-refractivity contribution in [2.75, 3.05) is 13.7 Å². The molecule has 16 heavy (non-hydrogen) atoms. The van der Waals surface area contributed by atoms with E-state index in [1.165, 1.54) is 5.69 Å². The smallest absolute Gasteiger partial charge is 0.141 e. The van der Waals surface area contributed by atoms with E-state index < -0.39 is 0 Å². The maximum Gasteiger partial charge on any atom is 0.141 e. The van der Waals surface area contributed by atoms with Gasteiger partial charge in [-0.2, -0.15) is 0 Å². The van der Waals surface area contributed by atoms with Crippen molar-refractivity contribution in [2.24, 2.45) is 7.05 Å². The molecule has 0 radical (unpaired) electrons. The Labute approximate surface area is 97.3 Å². The van der Waals surface area contributed by atoms with E-state index in [0.717, 1.165) is 19.6 Å². The molecule has 1 rings (SSSR count). The second-order valence-electron chi connectivity index (χ2n) is 5.16. The van der Waals surface area contributed by atoms with Crippen molar-refractivity contribution in [2.45, 2.75) is 39.2 Å². The lowest BCUT2D eigenvalue weighted by Gasteiger charge is -2.20. The molecule has 0 amide bonds. The molecule has 0 bridgehead atoms. The number of nitrogens with one attached hydrogen (secondary N) is 1. The fraction of sp³-hybridized carbons (Fsp3) is 0.750.